The lowest BCUT2D eigenvalue weighted by atomic mass is 10.1. The second kappa shape index (κ2) is 6.86. The van der Waals surface area contributed by atoms with E-state index in [9.17, 15) is 0 Å². The van der Waals surface area contributed by atoms with E-state index in [-0.39, 0.29) is 6.04 Å². The maximum Gasteiger partial charge on any atom is 0.171 e. The number of aromatic nitrogens is 1. The van der Waals surface area contributed by atoms with Crippen LogP contribution in [0.5, 0.6) is 5.75 Å². The Labute approximate surface area is 124 Å². The molecule has 0 amide bonds. The summed E-state index contributed by atoms with van der Waals surface area (Å²) in [4.78, 5) is 4.00. The Hall–Kier alpha value is -2.14. The Morgan fingerprint density at radius 3 is 2.60 bits per heavy atom. The summed E-state index contributed by atoms with van der Waals surface area (Å²) in [6.07, 6.45) is 3.54. The number of hydrogen-bond acceptors (Lipinski definition) is 3. The van der Waals surface area contributed by atoms with Crippen LogP contribution in [0.15, 0.2) is 48.8 Å². The number of para-hydroxylation sites is 2. The summed E-state index contributed by atoms with van der Waals surface area (Å²) in [5.74, 6) is 0.758. The minimum absolute atomic E-state index is 0.104. The van der Waals surface area contributed by atoms with Crippen LogP contribution in [0.1, 0.15) is 18.5 Å². The Morgan fingerprint density at radius 2 is 1.90 bits per heavy atom. The summed E-state index contributed by atoms with van der Waals surface area (Å²) in [5.41, 5.74) is 1.97. The van der Waals surface area contributed by atoms with E-state index in [1.54, 1.807) is 19.5 Å². The molecule has 4 nitrogen and oxygen atoms in total. The van der Waals surface area contributed by atoms with E-state index < -0.39 is 0 Å². The van der Waals surface area contributed by atoms with E-state index in [4.69, 9.17) is 17.0 Å². The van der Waals surface area contributed by atoms with E-state index in [0.717, 1.165) is 17.0 Å². The second-order valence-electron chi connectivity index (χ2n) is 4.30. The zero-order valence-corrected chi connectivity index (χ0v) is 12.3. The number of pyridine rings is 1. The zero-order valence-electron chi connectivity index (χ0n) is 11.5. The number of thiocarbonyl (C=S) groups is 1. The van der Waals surface area contributed by atoms with Crippen molar-refractivity contribution in [2.45, 2.75) is 13.0 Å². The molecule has 1 atom stereocenters. The van der Waals surface area contributed by atoms with Crippen LogP contribution >= 0.6 is 12.2 Å². The van der Waals surface area contributed by atoms with Crippen molar-refractivity contribution in [2.75, 3.05) is 12.4 Å². The highest BCUT2D eigenvalue weighted by Gasteiger charge is 2.08. The fraction of sp³-hybridized carbons (Fsp3) is 0.200. The van der Waals surface area contributed by atoms with Crippen molar-refractivity contribution >= 4 is 23.0 Å². The van der Waals surface area contributed by atoms with Crippen LogP contribution in [0, 0.1) is 0 Å². The van der Waals surface area contributed by atoms with Crippen LogP contribution < -0.4 is 15.4 Å². The third kappa shape index (κ3) is 3.68. The van der Waals surface area contributed by atoms with Crippen molar-refractivity contribution in [3.8, 4) is 5.75 Å². The van der Waals surface area contributed by atoms with E-state index in [1.807, 2.05) is 43.3 Å². The second-order valence-corrected chi connectivity index (χ2v) is 4.71. The number of methoxy groups -OCH3 is 1. The quantitative estimate of drug-likeness (QED) is 0.846. The molecule has 0 aliphatic carbocycles. The molecule has 0 aliphatic heterocycles. The summed E-state index contributed by atoms with van der Waals surface area (Å²) < 4.78 is 5.28. The SMILES string of the molecule is COc1ccccc1NC(=S)NC(C)c1ccncc1. The van der Waals surface area contributed by atoms with Gasteiger partial charge in [0, 0.05) is 12.4 Å². The third-order valence-electron chi connectivity index (χ3n) is 2.91. The molecule has 0 saturated heterocycles. The molecule has 0 fully saturated rings. The van der Waals surface area contributed by atoms with Gasteiger partial charge in [0.15, 0.2) is 5.11 Å². The summed E-state index contributed by atoms with van der Waals surface area (Å²) in [6.45, 7) is 2.05. The molecule has 1 aromatic carbocycles. The minimum Gasteiger partial charge on any atom is -0.495 e. The van der Waals surface area contributed by atoms with E-state index in [0.29, 0.717) is 5.11 Å². The van der Waals surface area contributed by atoms with Gasteiger partial charge in [0.1, 0.15) is 5.75 Å². The topological polar surface area (TPSA) is 46.2 Å². The molecule has 2 aromatic rings. The number of ether oxygens (including phenoxy) is 1. The van der Waals surface area contributed by atoms with Gasteiger partial charge >= 0.3 is 0 Å². The molecule has 1 heterocycles. The first-order valence-corrected chi connectivity index (χ1v) is 6.72. The molecule has 2 N–H and O–H groups in total. The molecule has 0 saturated carbocycles. The number of hydrogen-bond donors (Lipinski definition) is 2. The lowest BCUT2D eigenvalue weighted by Crippen LogP contribution is -2.31. The normalized spacial score (nSPS) is 11.5. The van der Waals surface area contributed by atoms with Crippen molar-refractivity contribution in [2.24, 2.45) is 0 Å². The maximum absolute atomic E-state index is 5.33. The first-order chi connectivity index (χ1) is 9.70. The van der Waals surface area contributed by atoms with Gasteiger partial charge in [-0.15, -0.1) is 0 Å². The van der Waals surface area contributed by atoms with Crippen LogP contribution in [0.25, 0.3) is 0 Å². The summed E-state index contributed by atoms with van der Waals surface area (Å²) in [6, 6.07) is 11.7. The van der Waals surface area contributed by atoms with Gasteiger partial charge in [-0.2, -0.15) is 0 Å². The van der Waals surface area contributed by atoms with Crippen molar-refractivity contribution in [3.05, 3.63) is 54.4 Å². The standard InChI is InChI=1S/C15H17N3OS/c1-11(12-7-9-16-10-8-12)17-15(20)18-13-5-3-4-6-14(13)19-2/h3-11H,1-2H3,(H2,17,18,20). The van der Waals surface area contributed by atoms with Gasteiger partial charge < -0.3 is 15.4 Å². The predicted molar refractivity (Wildman–Crippen MR) is 85.0 cm³/mol. The van der Waals surface area contributed by atoms with Crippen LogP contribution in [0.3, 0.4) is 0 Å². The molecule has 0 spiro atoms. The molecule has 1 unspecified atom stereocenters. The number of benzene rings is 1. The highest BCUT2D eigenvalue weighted by atomic mass is 32.1. The van der Waals surface area contributed by atoms with Gasteiger partial charge in [0.25, 0.3) is 0 Å². The fourth-order valence-electron chi connectivity index (χ4n) is 1.84. The predicted octanol–water partition coefficient (Wildman–Crippen LogP) is 3.14. The van der Waals surface area contributed by atoms with E-state index in [2.05, 4.69) is 15.6 Å². The molecule has 0 aliphatic rings. The lowest BCUT2D eigenvalue weighted by Gasteiger charge is -2.18. The van der Waals surface area contributed by atoms with Gasteiger partial charge in [-0.05, 0) is 49.0 Å². The lowest BCUT2D eigenvalue weighted by molar-refractivity contribution is 0.417. The van der Waals surface area contributed by atoms with Gasteiger partial charge in [0.2, 0.25) is 0 Å². The fourth-order valence-corrected chi connectivity index (χ4v) is 2.13. The number of anilines is 1. The Balaban J connectivity index is 1.99. The average Bonchev–Trinajstić information content (AvgIpc) is 2.48. The summed E-state index contributed by atoms with van der Waals surface area (Å²) >= 11 is 5.33. The summed E-state index contributed by atoms with van der Waals surface area (Å²) in [5, 5.41) is 6.93. The Morgan fingerprint density at radius 1 is 1.20 bits per heavy atom. The smallest absolute Gasteiger partial charge is 0.171 e. The highest BCUT2D eigenvalue weighted by molar-refractivity contribution is 7.80. The Kier molecular flexibility index (Phi) is 4.90. The molecule has 1 aromatic heterocycles. The molecule has 0 radical (unpaired) electrons. The largest absolute Gasteiger partial charge is 0.495 e. The average molecular weight is 287 g/mol. The van der Waals surface area contributed by atoms with Crippen molar-refractivity contribution in [1.29, 1.82) is 0 Å². The van der Waals surface area contributed by atoms with Gasteiger partial charge in [-0.1, -0.05) is 12.1 Å². The molecular formula is C15H17N3OS. The monoisotopic (exact) mass is 287 g/mol. The zero-order chi connectivity index (χ0) is 14.4. The molecule has 20 heavy (non-hydrogen) atoms. The summed E-state index contributed by atoms with van der Waals surface area (Å²) in [7, 11) is 1.64. The van der Waals surface area contributed by atoms with Crippen molar-refractivity contribution in [1.82, 2.24) is 10.3 Å². The molecule has 0 bridgehead atoms. The third-order valence-corrected chi connectivity index (χ3v) is 3.13. The molecule has 104 valence electrons. The van der Waals surface area contributed by atoms with Crippen LogP contribution in [-0.2, 0) is 0 Å². The first kappa shape index (κ1) is 14.3. The number of nitrogens with one attached hydrogen (secondary N) is 2. The van der Waals surface area contributed by atoms with Gasteiger partial charge in [-0.25, -0.2) is 0 Å². The van der Waals surface area contributed by atoms with Crippen LogP contribution in [0.2, 0.25) is 0 Å². The van der Waals surface area contributed by atoms with E-state index >= 15 is 0 Å². The minimum atomic E-state index is 0.104. The van der Waals surface area contributed by atoms with Crippen molar-refractivity contribution < 1.29 is 4.74 Å². The van der Waals surface area contributed by atoms with E-state index in [1.165, 1.54) is 0 Å². The van der Waals surface area contributed by atoms with Gasteiger partial charge in [-0.3, -0.25) is 4.98 Å². The first-order valence-electron chi connectivity index (χ1n) is 6.31. The molecule has 2 rings (SSSR count). The van der Waals surface area contributed by atoms with Crippen LogP contribution in [-0.4, -0.2) is 17.2 Å². The highest BCUT2D eigenvalue weighted by Crippen LogP contribution is 2.23. The molecule has 5 heteroatoms. The Bertz CT molecular complexity index is 574. The maximum atomic E-state index is 5.33. The van der Waals surface area contributed by atoms with Crippen LogP contribution in [0.4, 0.5) is 5.69 Å². The molecular weight excluding hydrogens is 270 g/mol. The van der Waals surface area contributed by atoms with Gasteiger partial charge in [0.05, 0.1) is 18.8 Å². The van der Waals surface area contributed by atoms with Crippen molar-refractivity contribution in [3.63, 3.8) is 0 Å². The number of rotatable bonds is 4. The number of nitrogens with zero attached hydrogens (tertiary/aromatic N) is 1.